The van der Waals surface area contributed by atoms with E-state index in [0.29, 0.717) is 0 Å². The van der Waals surface area contributed by atoms with Gasteiger partial charge in [0.15, 0.2) is 5.82 Å². The maximum absolute atomic E-state index is 5.61. The monoisotopic (exact) mass is 261 g/mol. The van der Waals surface area contributed by atoms with Gasteiger partial charge < -0.3 is 10.1 Å². The van der Waals surface area contributed by atoms with Gasteiger partial charge in [-0.15, -0.1) is 5.10 Å². The molecule has 6 heteroatoms. The third-order valence-corrected chi connectivity index (χ3v) is 2.77. The van der Waals surface area contributed by atoms with E-state index in [2.05, 4.69) is 20.8 Å². The highest BCUT2D eigenvalue weighted by Gasteiger charge is 2.13. The number of rotatable bonds is 5. The fourth-order valence-corrected chi connectivity index (χ4v) is 1.72. The lowest BCUT2D eigenvalue weighted by Crippen LogP contribution is -2.17. The van der Waals surface area contributed by atoms with Crippen LogP contribution in [0.15, 0.2) is 24.3 Å². The van der Waals surface area contributed by atoms with Crippen molar-refractivity contribution in [3.05, 3.63) is 30.1 Å². The minimum atomic E-state index is 0.0848. The second-order valence-electron chi connectivity index (χ2n) is 4.62. The Bertz CT molecular complexity index is 520. The summed E-state index contributed by atoms with van der Waals surface area (Å²) in [6.07, 6.45) is 0.166. The summed E-state index contributed by atoms with van der Waals surface area (Å²) < 4.78 is 7.33. The van der Waals surface area contributed by atoms with Crippen LogP contribution in [0, 0.1) is 0 Å². The Labute approximate surface area is 112 Å². The number of hydrogen-bond donors (Lipinski definition) is 1. The standard InChI is InChI=1S/C13H19N5O/c1-9(2)19-12-7-5-11(6-8-12)18-13(10(3)14-4)15-16-17-18/h5-10,14H,1-4H3. The van der Waals surface area contributed by atoms with Crippen LogP contribution in [0.3, 0.4) is 0 Å². The molecule has 0 aliphatic rings. The third-order valence-electron chi connectivity index (χ3n) is 2.77. The van der Waals surface area contributed by atoms with Crippen molar-refractivity contribution in [2.24, 2.45) is 0 Å². The van der Waals surface area contributed by atoms with Crippen LogP contribution in [0.25, 0.3) is 5.69 Å². The number of tetrazole rings is 1. The molecule has 1 N–H and O–H groups in total. The quantitative estimate of drug-likeness (QED) is 0.888. The molecule has 1 aromatic heterocycles. The molecule has 19 heavy (non-hydrogen) atoms. The van der Waals surface area contributed by atoms with E-state index in [1.54, 1.807) is 4.68 Å². The zero-order chi connectivity index (χ0) is 13.8. The largest absolute Gasteiger partial charge is 0.491 e. The topological polar surface area (TPSA) is 64.9 Å². The van der Waals surface area contributed by atoms with Gasteiger partial charge in [-0.2, -0.15) is 4.68 Å². The van der Waals surface area contributed by atoms with Crippen LogP contribution in [-0.4, -0.2) is 33.4 Å². The number of aromatic nitrogens is 4. The van der Waals surface area contributed by atoms with E-state index in [1.165, 1.54) is 0 Å². The Kier molecular flexibility index (Phi) is 4.11. The van der Waals surface area contributed by atoms with Gasteiger partial charge in [0.05, 0.1) is 17.8 Å². The fourth-order valence-electron chi connectivity index (χ4n) is 1.72. The lowest BCUT2D eigenvalue weighted by molar-refractivity contribution is 0.242. The molecule has 0 amide bonds. The molecular formula is C13H19N5O. The molecule has 1 aromatic carbocycles. The first-order chi connectivity index (χ1) is 9.11. The Morgan fingerprint density at radius 2 is 1.84 bits per heavy atom. The molecule has 0 fully saturated rings. The van der Waals surface area contributed by atoms with Crippen LogP contribution >= 0.6 is 0 Å². The predicted octanol–water partition coefficient (Wildman–Crippen LogP) is 1.73. The fraction of sp³-hybridized carbons (Fsp3) is 0.462. The summed E-state index contributed by atoms with van der Waals surface area (Å²) in [5.41, 5.74) is 0.915. The van der Waals surface area contributed by atoms with Crippen LogP contribution in [0.2, 0.25) is 0 Å². The summed E-state index contributed by atoms with van der Waals surface area (Å²) in [6, 6.07) is 7.82. The summed E-state index contributed by atoms with van der Waals surface area (Å²) >= 11 is 0. The van der Waals surface area contributed by atoms with Gasteiger partial charge >= 0.3 is 0 Å². The number of nitrogens with zero attached hydrogens (tertiary/aromatic N) is 4. The molecule has 1 unspecified atom stereocenters. The van der Waals surface area contributed by atoms with Gasteiger partial charge in [-0.05, 0) is 62.5 Å². The molecule has 1 heterocycles. The van der Waals surface area contributed by atoms with Crippen LogP contribution < -0.4 is 10.1 Å². The van der Waals surface area contributed by atoms with Gasteiger partial charge in [0.1, 0.15) is 5.75 Å². The average molecular weight is 261 g/mol. The molecule has 0 saturated heterocycles. The van der Waals surface area contributed by atoms with Crippen molar-refractivity contribution in [1.29, 1.82) is 0 Å². The van der Waals surface area contributed by atoms with E-state index in [0.717, 1.165) is 17.3 Å². The van der Waals surface area contributed by atoms with Crippen molar-refractivity contribution < 1.29 is 4.74 Å². The third kappa shape index (κ3) is 3.08. The highest BCUT2D eigenvalue weighted by molar-refractivity contribution is 5.37. The first-order valence-electron chi connectivity index (χ1n) is 6.34. The van der Waals surface area contributed by atoms with E-state index in [4.69, 9.17) is 4.74 Å². The second-order valence-corrected chi connectivity index (χ2v) is 4.62. The van der Waals surface area contributed by atoms with Gasteiger partial charge in [-0.3, -0.25) is 0 Å². The smallest absolute Gasteiger partial charge is 0.173 e. The molecule has 2 rings (SSSR count). The van der Waals surface area contributed by atoms with Crippen LogP contribution in [0.1, 0.15) is 32.6 Å². The average Bonchev–Trinajstić information content (AvgIpc) is 2.87. The molecule has 1 atom stereocenters. The minimum absolute atomic E-state index is 0.0848. The van der Waals surface area contributed by atoms with Crippen molar-refractivity contribution in [1.82, 2.24) is 25.5 Å². The first-order valence-corrected chi connectivity index (χ1v) is 6.34. The number of hydrogen-bond acceptors (Lipinski definition) is 5. The summed E-state index contributed by atoms with van der Waals surface area (Å²) in [7, 11) is 1.88. The summed E-state index contributed by atoms with van der Waals surface area (Å²) in [6.45, 7) is 6.02. The molecule has 0 saturated carbocycles. The number of ether oxygens (including phenoxy) is 1. The Hall–Kier alpha value is -1.95. The maximum atomic E-state index is 5.61. The molecule has 2 aromatic rings. The van der Waals surface area contributed by atoms with Crippen molar-refractivity contribution >= 4 is 0 Å². The zero-order valence-corrected chi connectivity index (χ0v) is 11.7. The van der Waals surface area contributed by atoms with Crippen molar-refractivity contribution in [2.45, 2.75) is 32.9 Å². The van der Waals surface area contributed by atoms with E-state index < -0.39 is 0 Å². The number of benzene rings is 1. The highest BCUT2D eigenvalue weighted by Crippen LogP contribution is 2.18. The molecule has 0 aliphatic carbocycles. The molecule has 102 valence electrons. The summed E-state index contributed by atoms with van der Waals surface area (Å²) in [4.78, 5) is 0. The Morgan fingerprint density at radius 1 is 1.16 bits per heavy atom. The number of nitrogens with one attached hydrogen (secondary N) is 1. The van der Waals surface area contributed by atoms with Gasteiger partial charge in [0, 0.05) is 0 Å². The molecular weight excluding hydrogens is 242 g/mol. The summed E-state index contributed by atoms with van der Waals surface area (Å²) in [5, 5.41) is 14.9. The normalized spacial score (nSPS) is 12.7. The van der Waals surface area contributed by atoms with Crippen LogP contribution in [0.5, 0.6) is 5.75 Å². The molecule has 6 nitrogen and oxygen atoms in total. The first kappa shape index (κ1) is 13.5. The van der Waals surface area contributed by atoms with Crippen LogP contribution in [0.4, 0.5) is 0 Å². The van der Waals surface area contributed by atoms with Crippen molar-refractivity contribution in [3.8, 4) is 11.4 Å². The zero-order valence-electron chi connectivity index (χ0n) is 11.7. The van der Waals surface area contributed by atoms with Crippen molar-refractivity contribution in [2.75, 3.05) is 7.05 Å². The summed E-state index contributed by atoms with van der Waals surface area (Å²) in [5.74, 6) is 1.62. The van der Waals surface area contributed by atoms with Gasteiger partial charge in [0.2, 0.25) is 0 Å². The van der Waals surface area contributed by atoms with Crippen molar-refractivity contribution in [3.63, 3.8) is 0 Å². The van der Waals surface area contributed by atoms with E-state index in [9.17, 15) is 0 Å². The lowest BCUT2D eigenvalue weighted by Gasteiger charge is -2.12. The van der Waals surface area contributed by atoms with Crippen LogP contribution in [-0.2, 0) is 0 Å². The Morgan fingerprint density at radius 3 is 2.42 bits per heavy atom. The SMILES string of the molecule is CNC(C)c1nnnn1-c1ccc(OC(C)C)cc1. The maximum Gasteiger partial charge on any atom is 0.173 e. The minimum Gasteiger partial charge on any atom is -0.491 e. The van der Waals surface area contributed by atoms with Gasteiger partial charge in [-0.25, -0.2) is 0 Å². The van der Waals surface area contributed by atoms with E-state index in [-0.39, 0.29) is 12.1 Å². The molecule has 0 spiro atoms. The lowest BCUT2D eigenvalue weighted by atomic mass is 10.2. The molecule has 0 bridgehead atoms. The Balaban J connectivity index is 2.25. The van der Waals surface area contributed by atoms with Gasteiger partial charge in [0.25, 0.3) is 0 Å². The second kappa shape index (κ2) is 5.79. The van der Waals surface area contributed by atoms with E-state index in [1.807, 2.05) is 52.1 Å². The molecule has 0 aliphatic heterocycles. The predicted molar refractivity (Wildman–Crippen MR) is 72.4 cm³/mol. The molecule has 0 radical (unpaired) electrons. The highest BCUT2D eigenvalue weighted by atomic mass is 16.5. The van der Waals surface area contributed by atoms with E-state index >= 15 is 0 Å². The van der Waals surface area contributed by atoms with Gasteiger partial charge in [-0.1, -0.05) is 0 Å².